The van der Waals surface area contributed by atoms with Crippen LogP contribution in [-0.2, 0) is 4.74 Å². The van der Waals surface area contributed by atoms with E-state index in [4.69, 9.17) is 4.74 Å². The van der Waals surface area contributed by atoms with Gasteiger partial charge >= 0.3 is 0 Å². The minimum Gasteiger partial charge on any atom is -0.381 e. The molecule has 0 aliphatic carbocycles. The topological polar surface area (TPSA) is 41.5 Å². The van der Waals surface area contributed by atoms with Gasteiger partial charge in [0.1, 0.15) is 0 Å². The number of ether oxygens (including phenoxy) is 1. The number of anilines is 1. The molecule has 2 aliphatic heterocycles. The van der Waals surface area contributed by atoms with E-state index in [9.17, 15) is 0 Å². The first-order valence-corrected chi connectivity index (χ1v) is 11.0. The second kappa shape index (κ2) is 14.8. The van der Waals surface area contributed by atoms with E-state index in [0.717, 1.165) is 38.2 Å². The van der Waals surface area contributed by atoms with Gasteiger partial charge in [-0.1, -0.05) is 34.1 Å². The van der Waals surface area contributed by atoms with Crippen LogP contribution in [0.15, 0.2) is 18.5 Å². The van der Waals surface area contributed by atoms with Crippen molar-refractivity contribution in [2.45, 2.75) is 59.8 Å². The molecule has 3 rings (SSSR count). The lowest BCUT2D eigenvalue weighted by Gasteiger charge is -2.32. The number of nitrogens with zero attached hydrogens (tertiary/aromatic N) is 4. The highest BCUT2D eigenvalue weighted by atomic mass is 16.5. The lowest BCUT2D eigenvalue weighted by atomic mass is 9.97. The van der Waals surface area contributed by atoms with E-state index in [-0.39, 0.29) is 0 Å². The number of hydrogen-bond acceptors (Lipinski definition) is 5. The normalized spacial score (nSPS) is 18.9. The summed E-state index contributed by atoms with van der Waals surface area (Å²) in [5, 5.41) is 0. The maximum Gasteiger partial charge on any atom is 0.225 e. The molecule has 0 bridgehead atoms. The zero-order valence-corrected chi connectivity index (χ0v) is 18.4. The Hall–Kier alpha value is -1.20. The molecule has 0 atom stereocenters. The molecule has 1 aromatic heterocycles. The summed E-state index contributed by atoms with van der Waals surface area (Å²) < 4.78 is 6.02. The molecule has 2 fully saturated rings. The van der Waals surface area contributed by atoms with Crippen LogP contribution in [0.4, 0.5) is 5.95 Å². The zero-order valence-electron chi connectivity index (χ0n) is 18.4. The summed E-state index contributed by atoms with van der Waals surface area (Å²) in [6.07, 6.45) is 9.84. The summed E-state index contributed by atoms with van der Waals surface area (Å²) in [7, 11) is 2.21. The highest BCUT2D eigenvalue weighted by Gasteiger charge is 2.22. The third-order valence-electron chi connectivity index (χ3n) is 4.99. The molecule has 5 nitrogen and oxygen atoms in total. The van der Waals surface area contributed by atoms with Crippen LogP contribution in [-0.4, -0.2) is 61.3 Å². The predicted molar refractivity (Wildman–Crippen MR) is 115 cm³/mol. The summed E-state index contributed by atoms with van der Waals surface area (Å²) >= 11 is 0. The molecule has 0 amide bonds. The molecule has 3 heterocycles. The Labute approximate surface area is 167 Å². The molecule has 0 radical (unpaired) electrons. The summed E-state index contributed by atoms with van der Waals surface area (Å²) in [5.74, 6) is 2.34. The van der Waals surface area contributed by atoms with Gasteiger partial charge in [0.25, 0.3) is 0 Å². The number of aromatic nitrogens is 2. The molecule has 27 heavy (non-hydrogen) atoms. The van der Waals surface area contributed by atoms with Crippen LogP contribution in [0.3, 0.4) is 0 Å². The molecular weight excluding hydrogens is 336 g/mol. The highest BCUT2D eigenvalue weighted by Crippen LogP contribution is 2.22. The Balaban J connectivity index is 0.000000665. The van der Waals surface area contributed by atoms with Crippen molar-refractivity contribution in [3.63, 3.8) is 0 Å². The van der Waals surface area contributed by atoms with Crippen LogP contribution >= 0.6 is 0 Å². The molecule has 0 aromatic carbocycles. The van der Waals surface area contributed by atoms with E-state index in [1.165, 1.54) is 45.2 Å². The molecule has 0 spiro atoms. The van der Waals surface area contributed by atoms with Crippen LogP contribution < -0.4 is 4.90 Å². The number of piperidine rings is 2. The first kappa shape index (κ1) is 23.8. The fourth-order valence-electron chi connectivity index (χ4n) is 3.38. The number of hydrogen-bond donors (Lipinski definition) is 0. The average molecular weight is 379 g/mol. The minimum absolute atomic E-state index is 0.700. The number of rotatable bonds is 5. The molecule has 156 valence electrons. The van der Waals surface area contributed by atoms with Crippen molar-refractivity contribution < 1.29 is 4.74 Å². The molecule has 2 aliphatic rings. The third-order valence-corrected chi connectivity index (χ3v) is 4.99. The van der Waals surface area contributed by atoms with Crippen molar-refractivity contribution in [1.29, 1.82) is 0 Å². The molecular formula is C22H42N4O. The summed E-state index contributed by atoms with van der Waals surface area (Å²) in [6, 6.07) is 1.87. The van der Waals surface area contributed by atoms with E-state index in [2.05, 4.69) is 40.7 Å². The molecule has 2 saturated heterocycles. The highest BCUT2D eigenvalue weighted by molar-refractivity contribution is 5.28. The lowest BCUT2D eigenvalue weighted by molar-refractivity contribution is 0.0458. The maximum absolute atomic E-state index is 6.02. The monoisotopic (exact) mass is 378 g/mol. The van der Waals surface area contributed by atoms with Crippen molar-refractivity contribution in [1.82, 2.24) is 14.9 Å². The van der Waals surface area contributed by atoms with Gasteiger partial charge in [-0.3, -0.25) is 0 Å². The molecule has 0 saturated carbocycles. The molecule has 0 N–H and O–H groups in total. The van der Waals surface area contributed by atoms with Gasteiger partial charge in [0.2, 0.25) is 5.95 Å². The Bertz CT molecular complexity index is 441. The molecule has 5 heteroatoms. The van der Waals surface area contributed by atoms with Crippen molar-refractivity contribution >= 4 is 5.95 Å². The summed E-state index contributed by atoms with van der Waals surface area (Å²) in [4.78, 5) is 13.4. The van der Waals surface area contributed by atoms with Gasteiger partial charge in [-0.25, -0.2) is 9.97 Å². The van der Waals surface area contributed by atoms with Gasteiger partial charge in [-0.2, -0.15) is 0 Å². The standard InChI is InChI=1S/C17H28N4O.C3H8.C2H6/c1-20-9-3-15(4-10-20)13-22-14-16-5-11-21(12-6-16)17-18-7-2-8-19-17;1-3-2;1-2/h2,7-8,15-16H,3-6,9-14H2,1H3;3H2,1-2H3;1-2H3. The first-order valence-electron chi connectivity index (χ1n) is 11.0. The Morgan fingerprint density at radius 1 is 0.889 bits per heavy atom. The van der Waals surface area contributed by atoms with Gasteiger partial charge in [0.05, 0.1) is 0 Å². The predicted octanol–water partition coefficient (Wildman–Crippen LogP) is 4.49. The van der Waals surface area contributed by atoms with Crippen LogP contribution in [0.25, 0.3) is 0 Å². The van der Waals surface area contributed by atoms with Gasteiger partial charge in [-0.05, 0) is 63.7 Å². The fraction of sp³-hybridized carbons (Fsp3) is 0.818. The third kappa shape index (κ3) is 9.52. The molecule has 0 unspecified atom stereocenters. The van der Waals surface area contributed by atoms with E-state index in [1.807, 2.05) is 32.3 Å². The molecule has 1 aromatic rings. The smallest absolute Gasteiger partial charge is 0.225 e. The van der Waals surface area contributed by atoms with Crippen LogP contribution in [0, 0.1) is 11.8 Å². The van der Waals surface area contributed by atoms with Crippen LogP contribution in [0.2, 0.25) is 0 Å². The summed E-state index contributed by atoms with van der Waals surface area (Å²) in [5.41, 5.74) is 0. The van der Waals surface area contributed by atoms with Crippen molar-refractivity contribution in [3.05, 3.63) is 18.5 Å². The van der Waals surface area contributed by atoms with E-state index in [0.29, 0.717) is 5.92 Å². The van der Waals surface area contributed by atoms with Crippen molar-refractivity contribution in [2.24, 2.45) is 11.8 Å². The van der Waals surface area contributed by atoms with E-state index in [1.54, 1.807) is 0 Å². The largest absolute Gasteiger partial charge is 0.381 e. The van der Waals surface area contributed by atoms with Gasteiger partial charge in [0.15, 0.2) is 0 Å². The Morgan fingerprint density at radius 3 is 1.81 bits per heavy atom. The van der Waals surface area contributed by atoms with Crippen molar-refractivity contribution in [2.75, 3.05) is 51.3 Å². The lowest BCUT2D eigenvalue weighted by Crippen LogP contribution is -2.36. The first-order chi connectivity index (χ1) is 13.2. The fourth-order valence-corrected chi connectivity index (χ4v) is 3.38. The van der Waals surface area contributed by atoms with Gasteiger partial charge < -0.3 is 14.5 Å². The second-order valence-electron chi connectivity index (χ2n) is 7.47. The van der Waals surface area contributed by atoms with E-state index >= 15 is 0 Å². The van der Waals surface area contributed by atoms with E-state index < -0.39 is 0 Å². The Kier molecular flexibility index (Phi) is 13.1. The van der Waals surface area contributed by atoms with Crippen LogP contribution in [0.1, 0.15) is 59.8 Å². The summed E-state index contributed by atoms with van der Waals surface area (Å²) in [6.45, 7) is 14.7. The van der Waals surface area contributed by atoms with Gasteiger partial charge in [-0.15, -0.1) is 0 Å². The SMILES string of the molecule is CC.CCC.CN1CCC(COCC2CCN(c3ncccn3)CC2)CC1. The zero-order chi connectivity index (χ0) is 19.9. The van der Waals surface area contributed by atoms with Gasteiger partial charge in [0, 0.05) is 38.7 Å². The minimum atomic E-state index is 0.700. The number of likely N-dealkylation sites (tertiary alicyclic amines) is 1. The van der Waals surface area contributed by atoms with Crippen molar-refractivity contribution in [3.8, 4) is 0 Å². The van der Waals surface area contributed by atoms with Crippen LogP contribution in [0.5, 0.6) is 0 Å². The quantitative estimate of drug-likeness (QED) is 0.755. The average Bonchev–Trinajstić information content (AvgIpc) is 2.73. The maximum atomic E-state index is 6.02. The second-order valence-corrected chi connectivity index (χ2v) is 7.47. The Morgan fingerprint density at radius 2 is 1.33 bits per heavy atom.